The minimum atomic E-state index is 0.126. The summed E-state index contributed by atoms with van der Waals surface area (Å²) in [5, 5.41) is 0. The van der Waals surface area contributed by atoms with Gasteiger partial charge in [-0.1, -0.05) is 11.8 Å². The Morgan fingerprint density at radius 3 is 2.79 bits per heavy atom. The molecular formula is C15H18N2OS. The Hall–Kier alpha value is -1.44. The van der Waals surface area contributed by atoms with Gasteiger partial charge >= 0.3 is 0 Å². The van der Waals surface area contributed by atoms with Crippen molar-refractivity contribution in [2.24, 2.45) is 5.73 Å². The van der Waals surface area contributed by atoms with Crippen LogP contribution in [0.1, 0.15) is 22.3 Å². The van der Waals surface area contributed by atoms with E-state index in [1.54, 1.807) is 0 Å². The zero-order chi connectivity index (χ0) is 13.5. The highest BCUT2D eigenvalue weighted by atomic mass is 32.2. The van der Waals surface area contributed by atoms with Crippen LogP contribution >= 0.6 is 11.8 Å². The van der Waals surface area contributed by atoms with Crippen LogP contribution in [0.3, 0.4) is 0 Å². The van der Waals surface area contributed by atoms with Crippen LogP contribution in [0.2, 0.25) is 0 Å². The summed E-state index contributed by atoms with van der Waals surface area (Å²) in [6, 6.07) is 7.45. The van der Waals surface area contributed by atoms with Crippen LogP contribution in [0.15, 0.2) is 24.3 Å². The first kappa shape index (κ1) is 14.0. The van der Waals surface area contributed by atoms with Crippen LogP contribution < -0.4 is 5.73 Å². The quantitative estimate of drug-likeness (QED) is 0.791. The van der Waals surface area contributed by atoms with E-state index in [-0.39, 0.29) is 5.91 Å². The number of carbonyl (C=O) groups is 1. The molecule has 0 bridgehead atoms. The zero-order valence-corrected chi connectivity index (χ0v) is 11.7. The van der Waals surface area contributed by atoms with Gasteiger partial charge in [0.25, 0.3) is 5.91 Å². The molecule has 2 N–H and O–H groups in total. The summed E-state index contributed by atoms with van der Waals surface area (Å²) in [6.07, 6.45) is 1.08. The van der Waals surface area contributed by atoms with Crippen molar-refractivity contribution in [2.75, 3.05) is 31.1 Å². The predicted molar refractivity (Wildman–Crippen MR) is 80.2 cm³/mol. The second-order valence-electron chi connectivity index (χ2n) is 4.34. The third-order valence-corrected chi connectivity index (χ3v) is 4.02. The standard InChI is InChI=1S/C15H18N2OS/c16-8-1-3-13-4-6-14(7-5-13)15(18)17-9-2-11-19-12-10-17/h4-7H,2,8-12,16H2. The first-order valence-corrected chi connectivity index (χ1v) is 7.63. The Kier molecular flexibility index (Phi) is 5.31. The Morgan fingerprint density at radius 1 is 1.26 bits per heavy atom. The monoisotopic (exact) mass is 274 g/mol. The van der Waals surface area contributed by atoms with Gasteiger partial charge < -0.3 is 10.6 Å². The lowest BCUT2D eigenvalue weighted by Gasteiger charge is -2.19. The maximum atomic E-state index is 12.3. The first-order chi connectivity index (χ1) is 9.31. The van der Waals surface area contributed by atoms with E-state index in [2.05, 4.69) is 11.8 Å². The molecule has 1 saturated heterocycles. The van der Waals surface area contributed by atoms with Gasteiger partial charge in [0, 0.05) is 30.0 Å². The van der Waals surface area contributed by atoms with E-state index in [0.717, 1.165) is 42.1 Å². The van der Waals surface area contributed by atoms with Crippen LogP contribution in [0, 0.1) is 11.8 Å². The molecule has 1 aromatic rings. The van der Waals surface area contributed by atoms with E-state index in [1.807, 2.05) is 40.9 Å². The minimum absolute atomic E-state index is 0.126. The molecule has 0 unspecified atom stereocenters. The molecule has 4 heteroatoms. The fraction of sp³-hybridized carbons (Fsp3) is 0.400. The number of carbonyl (C=O) groups excluding carboxylic acids is 1. The van der Waals surface area contributed by atoms with Crippen LogP contribution in [0.25, 0.3) is 0 Å². The lowest BCUT2D eigenvalue weighted by atomic mass is 10.1. The van der Waals surface area contributed by atoms with Gasteiger partial charge in [0.05, 0.1) is 6.54 Å². The highest BCUT2D eigenvalue weighted by Crippen LogP contribution is 2.13. The summed E-state index contributed by atoms with van der Waals surface area (Å²) in [6.45, 7) is 2.06. The maximum absolute atomic E-state index is 12.3. The van der Waals surface area contributed by atoms with Crippen molar-refractivity contribution in [2.45, 2.75) is 6.42 Å². The molecular weight excluding hydrogens is 256 g/mol. The maximum Gasteiger partial charge on any atom is 0.253 e. The molecule has 1 fully saturated rings. The topological polar surface area (TPSA) is 46.3 Å². The Balaban J connectivity index is 2.06. The number of benzene rings is 1. The van der Waals surface area contributed by atoms with E-state index < -0.39 is 0 Å². The van der Waals surface area contributed by atoms with E-state index >= 15 is 0 Å². The van der Waals surface area contributed by atoms with Crippen molar-refractivity contribution in [3.8, 4) is 11.8 Å². The van der Waals surface area contributed by atoms with Crippen LogP contribution in [-0.4, -0.2) is 41.9 Å². The highest BCUT2D eigenvalue weighted by Gasteiger charge is 2.16. The summed E-state index contributed by atoms with van der Waals surface area (Å²) >= 11 is 1.92. The van der Waals surface area contributed by atoms with E-state index in [0.29, 0.717) is 6.54 Å². The summed E-state index contributed by atoms with van der Waals surface area (Å²) in [5.41, 5.74) is 6.97. The first-order valence-electron chi connectivity index (χ1n) is 6.47. The molecule has 0 radical (unpaired) electrons. The van der Waals surface area contributed by atoms with Gasteiger partial charge in [-0.15, -0.1) is 0 Å². The van der Waals surface area contributed by atoms with Gasteiger partial charge in [0.15, 0.2) is 0 Å². The number of nitrogens with zero attached hydrogens (tertiary/aromatic N) is 1. The third-order valence-electron chi connectivity index (χ3n) is 2.98. The second-order valence-corrected chi connectivity index (χ2v) is 5.57. The summed E-state index contributed by atoms with van der Waals surface area (Å²) in [4.78, 5) is 14.3. The normalized spacial score (nSPS) is 15.3. The van der Waals surface area contributed by atoms with Crippen LogP contribution in [0.5, 0.6) is 0 Å². The average Bonchev–Trinajstić information content (AvgIpc) is 2.74. The zero-order valence-electron chi connectivity index (χ0n) is 10.9. The number of thioether (sulfide) groups is 1. The summed E-state index contributed by atoms with van der Waals surface area (Å²) < 4.78 is 0. The minimum Gasteiger partial charge on any atom is -0.338 e. The van der Waals surface area contributed by atoms with Gasteiger partial charge in [0.2, 0.25) is 0 Å². The number of hydrogen-bond donors (Lipinski definition) is 1. The van der Waals surface area contributed by atoms with Crippen molar-refractivity contribution >= 4 is 17.7 Å². The lowest BCUT2D eigenvalue weighted by molar-refractivity contribution is 0.0768. The van der Waals surface area contributed by atoms with Gasteiger partial charge in [-0.05, 0) is 36.4 Å². The molecule has 1 amide bonds. The number of amides is 1. The highest BCUT2D eigenvalue weighted by molar-refractivity contribution is 7.99. The van der Waals surface area contributed by atoms with Gasteiger partial charge in [-0.25, -0.2) is 0 Å². The molecule has 1 aliphatic rings. The SMILES string of the molecule is NCC#Cc1ccc(C(=O)N2CCCSCC2)cc1. The molecule has 1 aliphatic heterocycles. The molecule has 0 spiro atoms. The Bertz CT molecular complexity index is 479. The molecule has 0 saturated carbocycles. The fourth-order valence-corrected chi connectivity index (χ4v) is 2.87. The van der Waals surface area contributed by atoms with E-state index in [1.165, 1.54) is 0 Å². The molecule has 0 atom stereocenters. The van der Waals surface area contributed by atoms with E-state index in [4.69, 9.17) is 5.73 Å². The lowest BCUT2D eigenvalue weighted by Crippen LogP contribution is -2.32. The molecule has 2 rings (SSSR count). The van der Waals surface area contributed by atoms with Crippen LogP contribution in [-0.2, 0) is 0 Å². The van der Waals surface area contributed by atoms with Crippen molar-refractivity contribution in [3.05, 3.63) is 35.4 Å². The largest absolute Gasteiger partial charge is 0.338 e. The van der Waals surface area contributed by atoms with Crippen molar-refractivity contribution < 1.29 is 4.79 Å². The summed E-state index contributed by atoms with van der Waals surface area (Å²) in [5.74, 6) is 8.07. The molecule has 3 nitrogen and oxygen atoms in total. The molecule has 100 valence electrons. The number of hydrogen-bond acceptors (Lipinski definition) is 3. The Labute approximate surface area is 118 Å². The number of nitrogens with two attached hydrogens (primary N) is 1. The predicted octanol–water partition coefficient (Wildman–Crippen LogP) is 1.58. The molecule has 0 aliphatic carbocycles. The molecule has 1 heterocycles. The Morgan fingerprint density at radius 2 is 2.05 bits per heavy atom. The van der Waals surface area contributed by atoms with E-state index in [9.17, 15) is 4.79 Å². The van der Waals surface area contributed by atoms with Crippen molar-refractivity contribution in [1.82, 2.24) is 4.90 Å². The molecule has 19 heavy (non-hydrogen) atoms. The molecule has 1 aromatic carbocycles. The van der Waals surface area contributed by atoms with Gasteiger partial charge in [-0.3, -0.25) is 4.79 Å². The van der Waals surface area contributed by atoms with Gasteiger partial charge in [-0.2, -0.15) is 11.8 Å². The van der Waals surface area contributed by atoms with Crippen molar-refractivity contribution in [3.63, 3.8) is 0 Å². The summed E-state index contributed by atoms with van der Waals surface area (Å²) in [7, 11) is 0. The van der Waals surface area contributed by atoms with Crippen molar-refractivity contribution in [1.29, 1.82) is 0 Å². The van der Waals surface area contributed by atoms with Gasteiger partial charge in [0.1, 0.15) is 0 Å². The molecule has 0 aromatic heterocycles. The number of rotatable bonds is 1. The second kappa shape index (κ2) is 7.22. The van der Waals surface area contributed by atoms with Crippen LogP contribution in [0.4, 0.5) is 0 Å². The fourth-order valence-electron chi connectivity index (χ4n) is 1.98. The smallest absolute Gasteiger partial charge is 0.253 e. The average molecular weight is 274 g/mol. The third kappa shape index (κ3) is 4.02.